The van der Waals surface area contributed by atoms with E-state index in [0.29, 0.717) is 11.5 Å². The van der Waals surface area contributed by atoms with Crippen molar-refractivity contribution in [2.24, 2.45) is 11.7 Å². The van der Waals surface area contributed by atoms with Gasteiger partial charge in [-0.3, -0.25) is 10.1 Å². The average Bonchev–Trinajstić information content (AvgIpc) is 3.07. The third kappa shape index (κ3) is 5.84. The van der Waals surface area contributed by atoms with Gasteiger partial charge in [0.05, 0.1) is 0 Å². The Bertz CT molecular complexity index is 816. The summed E-state index contributed by atoms with van der Waals surface area (Å²) >= 11 is 0. The number of nitrogens with two attached hydrogens (primary N) is 1. The van der Waals surface area contributed by atoms with Crippen LogP contribution in [0.3, 0.4) is 0 Å². The zero-order valence-corrected chi connectivity index (χ0v) is 14.7. The Morgan fingerprint density at radius 2 is 1.81 bits per heavy atom. The highest BCUT2D eigenvalue weighted by Crippen LogP contribution is 2.17. The number of furan rings is 1. The number of esters is 1. The molecule has 1 aromatic heterocycles. The number of halogens is 1. The van der Waals surface area contributed by atoms with E-state index in [2.05, 4.69) is 0 Å². The number of amides is 3. The summed E-state index contributed by atoms with van der Waals surface area (Å²) in [5.74, 6) is -1.85. The minimum absolute atomic E-state index is 0.00861. The maximum Gasteiger partial charge on any atom is 0.375 e. The van der Waals surface area contributed by atoms with Crippen molar-refractivity contribution >= 4 is 17.9 Å². The van der Waals surface area contributed by atoms with Gasteiger partial charge in [-0.15, -0.1) is 0 Å². The Morgan fingerprint density at radius 1 is 1.15 bits per heavy atom. The summed E-state index contributed by atoms with van der Waals surface area (Å²) in [5.41, 5.74) is 4.90. The van der Waals surface area contributed by atoms with Gasteiger partial charge in [-0.05, 0) is 42.3 Å². The molecule has 1 aromatic carbocycles. The van der Waals surface area contributed by atoms with Crippen molar-refractivity contribution in [3.63, 3.8) is 0 Å². The first-order valence-corrected chi connectivity index (χ1v) is 8.04. The molecule has 0 bridgehead atoms. The Morgan fingerprint density at radius 3 is 2.41 bits per heavy atom. The Kier molecular flexibility index (Phi) is 6.53. The smallest absolute Gasteiger partial charge is 0.375 e. The molecule has 9 heteroatoms. The molecule has 2 rings (SSSR count). The van der Waals surface area contributed by atoms with Crippen molar-refractivity contribution in [2.45, 2.75) is 26.6 Å². The SMILES string of the molecule is CC(C)C(OC(=O)c1ccc(COc2ccc(F)cc2)o1)C(=O)NC(N)=O. The predicted octanol–water partition coefficient (Wildman–Crippen LogP) is 2.37. The van der Waals surface area contributed by atoms with Crippen molar-refractivity contribution < 1.29 is 32.7 Å². The molecule has 0 saturated heterocycles. The van der Waals surface area contributed by atoms with Crippen LogP contribution in [-0.4, -0.2) is 24.0 Å². The first-order valence-electron chi connectivity index (χ1n) is 8.04. The van der Waals surface area contributed by atoms with E-state index in [-0.39, 0.29) is 18.2 Å². The summed E-state index contributed by atoms with van der Waals surface area (Å²) in [5, 5.41) is 1.87. The molecule has 144 valence electrons. The van der Waals surface area contributed by atoms with Crippen LogP contribution in [-0.2, 0) is 16.1 Å². The number of rotatable bonds is 7. The summed E-state index contributed by atoms with van der Waals surface area (Å²) in [6.45, 7) is 3.29. The molecule has 1 heterocycles. The Labute approximate surface area is 154 Å². The molecule has 0 aliphatic rings. The molecule has 2 aromatic rings. The molecule has 0 saturated carbocycles. The number of ether oxygens (including phenoxy) is 2. The number of primary amides is 1. The monoisotopic (exact) mass is 378 g/mol. The lowest BCUT2D eigenvalue weighted by Gasteiger charge is -2.19. The van der Waals surface area contributed by atoms with Crippen molar-refractivity contribution in [3.05, 3.63) is 53.7 Å². The molecule has 27 heavy (non-hydrogen) atoms. The number of hydrogen-bond donors (Lipinski definition) is 2. The third-order valence-corrected chi connectivity index (χ3v) is 3.40. The summed E-state index contributed by atoms with van der Waals surface area (Å²) in [6.07, 6.45) is -1.21. The number of hydrogen-bond acceptors (Lipinski definition) is 6. The van der Waals surface area contributed by atoms with E-state index >= 15 is 0 Å². The molecule has 0 aliphatic heterocycles. The van der Waals surface area contributed by atoms with Crippen LogP contribution in [0.4, 0.5) is 9.18 Å². The molecule has 0 aliphatic carbocycles. The third-order valence-electron chi connectivity index (χ3n) is 3.40. The van der Waals surface area contributed by atoms with E-state index in [9.17, 15) is 18.8 Å². The highest BCUT2D eigenvalue weighted by molar-refractivity contribution is 5.97. The van der Waals surface area contributed by atoms with Gasteiger partial charge in [0.2, 0.25) is 5.76 Å². The average molecular weight is 378 g/mol. The lowest BCUT2D eigenvalue weighted by atomic mass is 10.1. The quantitative estimate of drug-likeness (QED) is 0.714. The zero-order valence-electron chi connectivity index (χ0n) is 14.7. The molecule has 3 N–H and O–H groups in total. The summed E-state index contributed by atoms with van der Waals surface area (Å²) < 4.78 is 28.7. The van der Waals surface area contributed by atoms with Gasteiger partial charge in [-0.25, -0.2) is 14.0 Å². The first-order chi connectivity index (χ1) is 12.8. The number of urea groups is 1. The highest BCUT2D eigenvalue weighted by atomic mass is 19.1. The number of carbonyl (C=O) groups is 3. The second kappa shape index (κ2) is 8.84. The van der Waals surface area contributed by atoms with Gasteiger partial charge >= 0.3 is 12.0 Å². The number of nitrogens with one attached hydrogen (secondary N) is 1. The fourth-order valence-corrected chi connectivity index (χ4v) is 2.11. The van der Waals surface area contributed by atoms with Gasteiger partial charge in [0, 0.05) is 0 Å². The lowest BCUT2D eigenvalue weighted by Crippen LogP contribution is -2.45. The Balaban J connectivity index is 1.97. The Hall–Kier alpha value is -3.36. The zero-order chi connectivity index (χ0) is 20.0. The maximum absolute atomic E-state index is 12.9. The number of imide groups is 1. The van der Waals surface area contributed by atoms with Crippen LogP contribution >= 0.6 is 0 Å². The molecule has 1 unspecified atom stereocenters. The van der Waals surface area contributed by atoms with Gasteiger partial charge in [0.15, 0.2) is 6.10 Å². The summed E-state index contributed by atoms with van der Waals surface area (Å²) in [7, 11) is 0. The molecule has 1 atom stereocenters. The number of benzene rings is 1. The largest absolute Gasteiger partial charge is 0.486 e. The van der Waals surface area contributed by atoms with Crippen molar-refractivity contribution in [2.75, 3.05) is 0 Å². The fraction of sp³-hybridized carbons (Fsp3) is 0.278. The molecule has 0 fully saturated rings. The minimum atomic E-state index is -1.21. The van der Waals surface area contributed by atoms with E-state index in [0.717, 1.165) is 0 Å². The van der Waals surface area contributed by atoms with Crippen LogP contribution in [0.5, 0.6) is 5.75 Å². The number of carbonyl (C=O) groups excluding carboxylic acids is 3. The summed E-state index contributed by atoms with van der Waals surface area (Å²) in [6, 6.07) is 7.26. The van der Waals surface area contributed by atoms with E-state index in [1.807, 2.05) is 5.32 Å². The normalized spacial score (nSPS) is 11.7. The second-order valence-corrected chi connectivity index (χ2v) is 5.93. The highest BCUT2D eigenvalue weighted by Gasteiger charge is 2.29. The van der Waals surface area contributed by atoms with Crippen LogP contribution in [0.15, 0.2) is 40.8 Å². The standard InChI is InChI=1S/C18H19FN2O6/c1-10(2)15(16(22)21-18(20)24)27-17(23)14-8-7-13(26-14)9-25-12-5-3-11(19)4-6-12/h3-8,10,15H,9H2,1-2H3,(H3,20,21,22,24). The van der Waals surface area contributed by atoms with Crippen LogP contribution in [0, 0.1) is 11.7 Å². The van der Waals surface area contributed by atoms with Gasteiger partial charge in [-0.2, -0.15) is 0 Å². The molecule has 8 nitrogen and oxygen atoms in total. The van der Waals surface area contributed by atoms with Gasteiger partial charge in [0.1, 0.15) is 23.9 Å². The molecule has 0 radical (unpaired) electrons. The van der Waals surface area contributed by atoms with Gasteiger partial charge < -0.3 is 19.6 Å². The molecule has 0 spiro atoms. The van der Waals surface area contributed by atoms with E-state index in [4.69, 9.17) is 19.6 Å². The molecular weight excluding hydrogens is 359 g/mol. The molecule has 3 amide bonds. The second-order valence-electron chi connectivity index (χ2n) is 5.93. The van der Waals surface area contributed by atoms with Gasteiger partial charge in [0.25, 0.3) is 5.91 Å². The maximum atomic E-state index is 12.9. The lowest BCUT2D eigenvalue weighted by molar-refractivity contribution is -0.131. The minimum Gasteiger partial charge on any atom is -0.486 e. The summed E-state index contributed by atoms with van der Waals surface area (Å²) in [4.78, 5) is 34.9. The van der Waals surface area contributed by atoms with Crippen molar-refractivity contribution in [3.8, 4) is 5.75 Å². The van der Waals surface area contributed by atoms with Crippen LogP contribution in [0.25, 0.3) is 0 Å². The van der Waals surface area contributed by atoms with E-state index in [1.165, 1.54) is 36.4 Å². The van der Waals surface area contributed by atoms with Gasteiger partial charge in [-0.1, -0.05) is 13.8 Å². The van der Waals surface area contributed by atoms with Crippen LogP contribution in [0.1, 0.15) is 30.2 Å². The molecular formula is C18H19FN2O6. The predicted molar refractivity (Wildman–Crippen MR) is 91.2 cm³/mol. The first kappa shape index (κ1) is 20.0. The fourth-order valence-electron chi connectivity index (χ4n) is 2.11. The van der Waals surface area contributed by atoms with Crippen LogP contribution in [0.2, 0.25) is 0 Å². The topological polar surface area (TPSA) is 121 Å². The van der Waals surface area contributed by atoms with Crippen molar-refractivity contribution in [1.82, 2.24) is 5.32 Å². The van der Waals surface area contributed by atoms with Crippen LogP contribution < -0.4 is 15.8 Å². The van der Waals surface area contributed by atoms with Crippen molar-refractivity contribution in [1.29, 1.82) is 0 Å². The van der Waals surface area contributed by atoms with E-state index in [1.54, 1.807) is 13.8 Å². The van der Waals surface area contributed by atoms with E-state index < -0.39 is 29.9 Å².